The molecule has 2 N–H and O–H groups in total. The third-order valence-electron chi connectivity index (χ3n) is 5.19. The minimum atomic E-state index is -0.350. The second-order valence-corrected chi connectivity index (χ2v) is 5.90. The summed E-state index contributed by atoms with van der Waals surface area (Å²) in [5.41, 5.74) is 0.378. The summed E-state index contributed by atoms with van der Waals surface area (Å²) in [5, 5.41) is 0. The fraction of sp³-hybridized carbons (Fsp3) is 0.917. The lowest BCUT2D eigenvalue weighted by atomic mass is 9.70. The van der Waals surface area contributed by atoms with Gasteiger partial charge in [0.15, 0.2) is 6.61 Å². The fourth-order valence-corrected chi connectivity index (χ4v) is 3.57. The van der Waals surface area contributed by atoms with Crippen LogP contribution in [0.25, 0.3) is 0 Å². The third kappa shape index (κ3) is 1.47. The van der Waals surface area contributed by atoms with Gasteiger partial charge in [0, 0.05) is 5.41 Å². The van der Waals surface area contributed by atoms with E-state index in [9.17, 15) is 4.79 Å². The molecule has 0 saturated heterocycles. The number of ether oxygens (including phenoxy) is 1. The van der Waals surface area contributed by atoms with Crippen LogP contribution in [0.2, 0.25) is 0 Å². The van der Waals surface area contributed by atoms with Crippen LogP contribution in [0.4, 0.5) is 0 Å². The van der Waals surface area contributed by atoms with Gasteiger partial charge in [-0.1, -0.05) is 20.8 Å². The largest absolute Gasteiger partial charge is 0.460 e. The van der Waals surface area contributed by atoms with Crippen LogP contribution >= 0.6 is 0 Å². The molecule has 0 radical (unpaired) electrons. The van der Waals surface area contributed by atoms with E-state index in [2.05, 4.69) is 25.6 Å². The van der Waals surface area contributed by atoms with Gasteiger partial charge in [-0.2, -0.15) is 0 Å². The zero-order chi connectivity index (χ0) is 12.0. The molecule has 0 aromatic carbocycles. The molecule has 2 rings (SSSR count). The molecule has 0 amide bonds. The van der Waals surface area contributed by atoms with E-state index in [1.807, 2.05) is 0 Å². The van der Waals surface area contributed by atoms with Crippen LogP contribution in [0.5, 0.6) is 0 Å². The van der Waals surface area contributed by atoms with E-state index in [-0.39, 0.29) is 29.5 Å². The molecule has 4 heteroatoms. The quantitative estimate of drug-likeness (QED) is 0.588. The topological polar surface area (TPSA) is 61.5 Å². The highest BCUT2D eigenvalue weighted by atomic mass is 16.6. The normalized spacial score (nSPS) is 40.0. The molecule has 2 fully saturated rings. The molecule has 0 aliphatic heterocycles. The van der Waals surface area contributed by atoms with Gasteiger partial charge in [0.25, 0.3) is 0 Å². The van der Waals surface area contributed by atoms with E-state index in [0.717, 1.165) is 12.8 Å². The summed E-state index contributed by atoms with van der Waals surface area (Å²) in [7, 11) is 0. The molecule has 3 atom stereocenters. The zero-order valence-corrected chi connectivity index (χ0v) is 10.3. The van der Waals surface area contributed by atoms with E-state index >= 15 is 0 Å². The van der Waals surface area contributed by atoms with E-state index in [1.165, 1.54) is 6.42 Å². The molecule has 2 saturated carbocycles. The highest BCUT2D eigenvalue weighted by Crippen LogP contribution is 2.66. The van der Waals surface area contributed by atoms with Crippen LogP contribution in [0.3, 0.4) is 0 Å². The maximum atomic E-state index is 11.4. The molecule has 2 bridgehead atoms. The van der Waals surface area contributed by atoms with Crippen molar-refractivity contribution < 1.29 is 14.4 Å². The van der Waals surface area contributed by atoms with E-state index in [0.29, 0.717) is 5.92 Å². The number of carbonyl (C=O) groups excluding carboxylic acids is 1. The predicted molar refractivity (Wildman–Crippen MR) is 59.2 cm³/mol. The molecule has 4 nitrogen and oxygen atoms in total. The van der Waals surface area contributed by atoms with E-state index in [4.69, 9.17) is 10.6 Å². The number of nitrogens with two attached hydrogens (primary N) is 1. The molecule has 2 aliphatic carbocycles. The first-order valence-electron chi connectivity index (χ1n) is 5.93. The van der Waals surface area contributed by atoms with Crippen molar-refractivity contribution in [3.05, 3.63) is 0 Å². The van der Waals surface area contributed by atoms with Crippen molar-refractivity contribution in [3.63, 3.8) is 0 Å². The van der Waals surface area contributed by atoms with Gasteiger partial charge in [0.1, 0.15) is 6.10 Å². The van der Waals surface area contributed by atoms with Gasteiger partial charge in [-0.25, -0.2) is 10.7 Å². The second-order valence-electron chi connectivity index (χ2n) is 5.90. The monoisotopic (exact) mass is 227 g/mol. The number of hydrogen-bond donors (Lipinski definition) is 1. The number of esters is 1. The number of fused-ring (bicyclic) bond motifs is 2. The lowest BCUT2D eigenvalue weighted by Gasteiger charge is -2.38. The summed E-state index contributed by atoms with van der Waals surface area (Å²) in [5.74, 6) is 5.19. The maximum absolute atomic E-state index is 11.4. The standard InChI is InChI=1S/C12H21NO3/c1-11(2)8-4-5-12(11,3)9(6-8)16-10(14)7-15-13/h8-9H,4-7,13H2,1-3H3. The van der Waals surface area contributed by atoms with Crippen molar-refractivity contribution >= 4 is 5.97 Å². The molecule has 0 spiro atoms. The maximum Gasteiger partial charge on any atom is 0.334 e. The first kappa shape index (κ1) is 11.9. The van der Waals surface area contributed by atoms with Gasteiger partial charge in [0.05, 0.1) is 0 Å². The molecular formula is C12H21NO3. The highest BCUT2D eigenvalue weighted by Gasteiger charge is 2.62. The molecule has 0 aromatic rings. The van der Waals surface area contributed by atoms with Crippen LogP contribution in [0.15, 0.2) is 0 Å². The van der Waals surface area contributed by atoms with Crippen molar-refractivity contribution in [1.82, 2.24) is 0 Å². The number of hydrogen-bond acceptors (Lipinski definition) is 4. The summed E-state index contributed by atoms with van der Waals surface area (Å²) in [4.78, 5) is 15.7. The van der Waals surface area contributed by atoms with Gasteiger partial charge in [-0.15, -0.1) is 0 Å². The Balaban J connectivity index is 2.07. The number of rotatable bonds is 3. The lowest BCUT2D eigenvalue weighted by Crippen LogP contribution is -2.39. The fourth-order valence-electron chi connectivity index (χ4n) is 3.57. The average molecular weight is 227 g/mol. The SMILES string of the molecule is CC1(C)C2CCC1(C)C(OC(=O)CON)C2. The molecule has 0 aromatic heterocycles. The molecule has 16 heavy (non-hydrogen) atoms. The van der Waals surface area contributed by atoms with Crippen LogP contribution in [-0.2, 0) is 14.4 Å². The van der Waals surface area contributed by atoms with Crippen molar-refractivity contribution in [3.8, 4) is 0 Å². The van der Waals surface area contributed by atoms with Gasteiger partial charge in [0.2, 0.25) is 0 Å². The first-order chi connectivity index (χ1) is 7.41. The Labute approximate surface area is 96.4 Å². The number of carbonyl (C=O) groups is 1. The summed E-state index contributed by atoms with van der Waals surface area (Å²) in [6, 6.07) is 0. The zero-order valence-electron chi connectivity index (χ0n) is 10.3. The molecule has 92 valence electrons. The van der Waals surface area contributed by atoms with Gasteiger partial charge in [-0.3, -0.25) is 4.84 Å². The smallest absolute Gasteiger partial charge is 0.334 e. The summed E-state index contributed by atoms with van der Waals surface area (Å²) < 4.78 is 5.48. The predicted octanol–water partition coefficient (Wildman–Crippen LogP) is 1.63. The Bertz CT molecular complexity index is 303. The summed E-state index contributed by atoms with van der Waals surface area (Å²) >= 11 is 0. The Hall–Kier alpha value is -0.610. The highest BCUT2D eigenvalue weighted by molar-refractivity contribution is 5.71. The minimum Gasteiger partial charge on any atom is -0.460 e. The van der Waals surface area contributed by atoms with Gasteiger partial charge >= 0.3 is 5.97 Å². The Morgan fingerprint density at radius 1 is 1.44 bits per heavy atom. The van der Waals surface area contributed by atoms with Gasteiger partial charge in [-0.05, 0) is 30.6 Å². The lowest BCUT2D eigenvalue weighted by molar-refractivity contribution is -0.162. The first-order valence-corrected chi connectivity index (χ1v) is 5.93. The third-order valence-corrected chi connectivity index (χ3v) is 5.19. The Kier molecular flexibility index (Phi) is 2.75. The summed E-state index contributed by atoms with van der Waals surface area (Å²) in [6.07, 6.45) is 3.42. The summed E-state index contributed by atoms with van der Waals surface area (Å²) in [6.45, 7) is 6.66. The van der Waals surface area contributed by atoms with Crippen molar-refractivity contribution in [2.24, 2.45) is 22.6 Å². The van der Waals surface area contributed by atoms with Crippen LogP contribution in [0, 0.1) is 16.7 Å². The molecule has 2 aliphatic rings. The average Bonchev–Trinajstić information content (AvgIpc) is 2.51. The van der Waals surface area contributed by atoms with Crippen LogP contribution in [0.1, 0.15) is 40.0 Å². The molecular weight excluding hydrogens is 206 g/mol. The van der Waals surface area contributed by atoms with Crippen molar-refractivity contribution in [2.45, 2.75) is 46.1 Å². The second kappa shape index (κ2) is 3.70. The van der Waals surface area contributed by atoms with Crippen LogP contribution < -0.4 is 5.90 Å². The molecule has 3 unspecified atom stereocenters. The molecule has 0 heterocycles. The van der Waals surface area contributed by atoms with E-state index in [1.54, 1.807) is 0 Å². The van der Waals surface area contributed by atoms with Gasteiger partial charge < -0.3 is 4.74 Å². The van der Waals surface area contributed by atoms with Crippen molar-refractivity contribution in [2.75, 3.05) is 6.61 Å². The van der Waals surface area contributed by atoms with E-state index < -0.39 is 0 Å². The Morgan fingerprint density at radius 3 is 2.56 bits per heavy atom. The van der Waals surface area contributed by atoms with Crippen molar-refractivity contribution in [1.29, 1.82) is 0 Å². The Morgan fingerprint density at radius 2 is 2.12 bits per heavy atom. The van der Waals surface area contributed by atoms with Crippen LogP contribution in [-0.4, -0.2) is 18.7 Å². The minimum absolute atomic E-state index is 0.0314.